The molecule has 0 aromatic heterocycles. The zero-order valence-corrected chi connectivity index (χ0v) is 12.7. The first-order chi connectivity index (χ1) is 9.20. The second-order valence-electron chi connectivity index (χ2n) is 4.33. The van der Waals surface area contributed by atoms with Gasteiger partial charge in [-0.15, -0.1) is 0 Å². The standard InChI is InChI=1S/C13H17IN2O3/c14-7-12(17)8-15-10-1-3-11(4-2-10)16-5-6-19-9-13(16)18/h1-4,12,15,17H,5-9H2. The van der Waals surface area contributed by atoms with Crippen LogP contribution in [0.15, 0.2) is 24.3 Å². The van der Waals surface area contributed by atoms with Crippen LogP contribution in [0.3, 0.4) is 0 Å². The minimum Gasteiger partial charge on any atom is -0.390 e. The van der Waals surface area contributed by atoms with Crippen molar-refractivity contribution in [3.63, 3.8) is 0 Å². The fraction of sp³-hybridized carbons (Fsp3) is 0.462. The van der Waals surface area contributed by atoms with Crippen molar-refractivity contribution in [1.82, 2.24) is 0 Å². The van der Waals surface area contributed by atoms with Crippen LogP contribution in [0.4, 0.5) is 11.4 Å². The first-order valence-electron chi connectivity index (χ1n) is 6.17. The maximum Gasteiger partial charge on any atom is 0.253 e. The Balaban J connectivity index is 1.95. The summed E-state index contributed by atoms with van der Waals surface area (Å²) >= 11 is 2.15. The average molecular weight is 376 g/mol. The molecule has 1 aromatic rings. The van der Waals surface area contributed by atoms with E-state index in [2.05, 4.69) is 27.9 Å². The number of morpholine rings is 1. The molecule has 1 unspecified atom stereocenters. The van der Waals surface area contributed by atoms with Crippen molar-refractivity contribution in [1.29, 1.82) is 0 Å². The third-order valence-electron chi connectivity index (χ3n) is 2.88. The molecule has 1 amide bonds. The van der Waals surface area contributed by atoms with Gasteiger partial charge in [-0.2, -0.15) is 0 Å². The van der Waals surface area contributed by atoms with Gasteiger partial charge in [0.1, 0.15) is 6.61 Å². The first kappa shape index (κ1) is 14.5. The summed E-state index contributed by atoms with van der Waals surface area (Å²) < 4.78 is 5.80. The molecular weight excluding hydrogens is 359 g/mol. The largest absolute Gasteiger partial charge is 0.390 e. The number of hydrogen-bond donors (Lipinski definition) is 2. The molecule has 1 aliphatic heterocycles. The predicted molar refractivity (Wildman–Crippen MR) is 83.0 cm³/mol. The van der Waals surface area contributed by atoms with Crippen molar-refractivity contribution in [2.24, 2.45) is 0 Å². The van der Waals surface area contributed by atoms with E-state index in [0.29, 0.717) is 24.1 Å². The van der Waals surface area contributed by atoms with Gasteiger partial charge < -0.3 is 20.1 Å². The second kappa shape index (κ2) is 7.06. The Hall–Kier alpha value is -0.860. The summed E-state index contributed by atoms with van der Waals surface area (Å²) in [5.74, 6) is -0.00714. The molecule has 0 radical (unpaired) electrons. The fourth-order valence-electron chi connectivity index (χ4n) is 1.84. The lowest BCUT2D eigenvalue weighted by molar-refractivity contribution is -0.125. The Bertz CT molecular complexity index is 424. The lowest BCUT2D eigenvalue weighted by Crippen LogP contribution is -2.41. The quantitative estimate of drug-likeness (QED) is 0.600. The Morgan fingerprint density at radius 2 is 2.16 bits per heavy atom. The predicted octanol–water partition coefficient (Wildman–Crippen LogP) is 1.26. The van der Waals surface area contributed by atoms with E-state index in [1.165, 1.54) is 0 Å². The molecule has 0 aliphatic carbocycles. The van der Waals surface area contributed by atoms with Gasteiger partial charge in [-0.25, -0.2) is 0 Å². The number of carbonyl (C=O) groups excluding carboxylic acids is 1. The summed E-state index contributed by atoms with van der Waals surface area (Å²) in [6.45, 7) is 1.85. The third-order valence-corrected chi connectivity index (χ3v) is 3.90. The minimum absolute atomic E-state index is 0.00714. The number of carbonyl (C=O) groups is 1. The number of nitrogens with one attached hydrogen (secondary N) is 1. The van der Waals surface area contributed by atoms with E-state index in [9.17, 15) is 9.90 Å². The third kappa shape index (κ3) is 4.05. The SMILES string of the molecule is O=C1COCCN1c1ccc(NCC(O)CI)cc1. The highest BCUT2D eigenvalue weighted by Crippen LogP contribution is 2.19. The number of anilines is 2. The monoisotopic (exact) mass is 376 g/mol. The van der Waals surface area contributed by atoms with Crippen LogP contribution in [-0.4, -0.2) is 47.8 Å². The van der Waals surface area contributed by atoms with Crippen molar-refractivity contribution < 1.29 is 14.6 Å². The van der Waals surface area contributed by atoms with Crippen LogP contribution in [0, 0.1) is 0 Å². The van der Waals surface area contributed by atoms with Crippen LogP contribution in [0.1, 0.15) is 0 Å². The molecule has 1 aliphatic rings. The van der Waals surface area contributed by atoms with Crippen molar-refractivity contribution in [3.05, 3.63) is 24.3 Å². The van der Waals surface area contributed by atoms with Gasteiger partial charge in [0.05, 0.1) is 12.7 Å². The van der Waals surface area contributed by atoms with Gasteiger partial charge in [0.2, 0.25) is 0 Å². The van der Waals surface area contributed by atoms with E-state index in [0.717, 1.165) is 11.4 Å². The molecule has 1 saturated heterocycles. The molecule has 19 heavy (non-hydrogen) atoms. The maximum atomic E-state index is 11.7. The van der Waals surface area contributed by atoms with E-state index < -0.39 is 0 Å². The van der Waals surface area contributed by atoms with Crippen LogP contribution in [0.5, 0.6) is 0 Å². The van der Waals surface area contributed by atoms with E-state index in [1.54, 1.807) is 4.90 Å². The number of rotatable bonds is 5. The molecule has 1 heterocycles. The molecule has 0 bridgehead atoms. The van der Waals surface area contributed by atoms with Crippen LogP contribution in [0.2, 0.25) is 0 Å². The number of hydrogen-bond acceptors (Lipinski definition) is 4. The number of aliphatic hydroxyl groups is 1. The number of aliphatic hydroxyl groups excluding tert-OH is 1. The number of nitrogens with zero attached hydrogens (tertiary/aromatic N) is 1. The molecule has 1 aromatic carbocycles. The number of amides is 1. The summed E-state index contributed by atoms with van der Waals surface area (Å²) in [7, 11) is 0. The molecule has 2 rings (SSSR count). The van der Waals surface area contributed by atoms with Gasteiger partial charge in [-0.3, -0.25) is 4.79 Å². The van der Waals surface area contributed by atoms with E-state index in [4.69, 9.17) is 4.74 Å². The number of halogens is 1. The number of benzene rings is 1. The summed E-state index contributed by atoms with van der Waals surface area (Å²) in [6, 6.07) is 7.64. The lowest BCUT2D eigenvalue weighted by Gasteiger charge is -2.27. The van der Waals surface area contributed by atoms with E-state index in [1.807, 2.05) is 24.3 Å². The molecule has 5 nitrogen and oxygen atoms in total. The molecule has 0 spiro atoms. The lowest BCUT2D eigenvalue weighted by atomic mass is 10.2. The zero-order valence-electron chi connectivity index (χ0n) is 10.5. The van der Waals surface area contributed by atoms with Crippen molar-refractivity contribution in [2.45, 2.75) is 6.10 Å². The molecule has 1 fully saturated rings. The summed E-state index contributed by atoms with van der Waals surface area (Å²) in [5, 5.41) is 12.6. The zero-order chi connectivity index (χ0) is 13.7. The molecule has 0 saturated carbocycles. The Morgan fingerprint density at radius 3 is 2.79 bits per heavy atom. The highest BCUT2D eigenvalue weighted by molar-refractivity contribution is 14.1. The topological polar surface area (TPSA) is 61.8 Å². The molecule has 6 heteroatoms. The Kier molecular flexibility index (Phi) is 5.41. The van der Waals surface area contributed by atoms with E-state index >= 15 is 0 Å². The van der Waals surface area contributed by atoms with Crippen LogP contribution in [0.25, 0.3) is 0 Å². The minimum atomic E-state index is -0.346. The summed E-state index contributed by atoms with van der Waals surface area (Å²) in [6.07, 6.45) is -0.346. The second-order valence-corrected chi connectivity index (χ2v) is 5.21. The van der Waals surface area contributed by atoms with Crippen molar-refractivity contribution >= 4 is 39.9 Å². The molecule has 2 N–H and O–H groups in total. The van der Waals surface area contributed by atoms with Crippen LogP contribution < -0.4 is 10.2 Å². The summed E-state index contributed by atoms with van der Waals surface area (Å²) in [5.41, 5.74) is 1.82. The molecule has 104 valence electrons. The highest BCUT2D eigenvalue weighted by Gasteiger charge is 2.19. The van der Waals surface area contributed by atoms with Crippen LogP contribution >= 0.6 is 22.6 Å². The van der Waals surface area contributed by atoms with Gasteiger partial charge in [0.25, 0.3) is 5.91 Å². The van der Waals surface area contributed by atoms with Gasteiger partial charge >= 0.3 is 0 Å². The smallest absolute Gasteiger partial charge is 0.253 e. The van der Waals surface area contributed by atoms with Crippen molar-refractivity contribution in [2.75, 3.05) is 40.9 Å². The van der Waals surface area contributed by atoms with Crippen molar-refractivity contribution in [3.8, 4) is 0 Å². The molecular formula is C13H17IN2O3. The highest BCUT2D eigenvalue weighted by atomic mass is 127. The maximum absolute atomic E-state index is 11.7. The Labute approximate surface area is 126 Å². The van der Waals surface area contributed by atoms with E-state index in [-0.39, 0.29) is 18.6 Å². The normalized spacial score (nSPS) is 17.4. The summed E-state index contributed by atoms with van der Waals surface area (Å²) in [4.78, 5) is 13.4. The molecule has 1 atom stereocenters. The van der Waals surface area contributed by atoms with Crippen LogP contribution in [-0.2, 0) is 9.53 Å². The number of alkyl halides is 1. The number of ether oxygens (including phenoxy) is 1. The van der Waals surface area contributed by atoms with Gasteiger partial charge in [0.15, 0.2) is 0 Å². The Morgan fingerprint density at radius 1 is 1.42 bits per heavy atom. The van der Waals surface area contributed by atoms with Gasteiger partial charge in [0, 0.05) is 28.9 Å². The first-order valence-corrected chi connectivity index (χ1v) is 7.69. The van der Waals surface area contributed by atoms with Gasteiger partial charge in [-0.1, -0.05) is 22.6 Å². The fourth-order valence-corrected chi connectivity index (χ4v) is 2.15. The van der Waals surface area contributed by atoms with Gasteiger partial charge in [-0.05, 0) is 24.3 Å². The average Bonchev–Trinajstić information content (AvgIpc) is 2.46.